The van der Waals surface area contributed by atoms with Gasteiger partial charge in [-0.15, -0.1) is 21.5 Å². The Labute approximate surface area is 169 Å². The number of methoxy groups -OCH3 is 1. The van der Waals surface area contributed by atoms with Gasteiger partial charge in [0.15, 0.2) is 11.6 Å². The lowest BCUT2D eigenvalue weighted by Gasteiger charge is -2.07. The molecule has 28 heavy (non-hydrogen) atoms. The Morgan fingerprint density at radius 1 is 1.18 bits per heavy atom. The molecule has 0 bridgehead atoms. The van der Waals surface area contributed by atoms with E-state index in [0.717, 1.165) is 22.1 Å². The Morgan fingerprint density at radius 3 is 2.89 bits per heavy atom. The van der Waals surface area contributed by atoms with Crippen LogP contribution >= 0.6 is 23.1 Å². The minimum atomic E-state index is 0.198. The fourth-order valence-corrected chi connectivity index (χ4v) is 3.83. The minimum Gasteiger partial charge on any atom is -0.497 e. The van der Waals surface area contributed by atoms with Crippen LogP contribution in [-0.2, 0) is 12.4 Å². The van der Waals surface area contributed by atoms with Crippen molar-refractivity contribution in [3.63, 3.8) is 0 Å². The number of aromatic nitrogens is 4. The molecule has 0 saturated heterocycles. The molecule has 0 amide bonds. The lowest BCUT2D eigenvalue weighted by molar-refractivity contribution is 0.289. The molecule has 1 aromatic carbocycles. The molecular weight excluding hydrogens is 398 g/mol. The molecule has 4 rings (SSSR count). The van der Waals surface area contributed by atoms with Gasteiger partial charge in [-0.25, -0.2) is 4.68 Å². The average Bonchev–Trinajstić information content (AvgIpc) is 3.47. The Kier molecular flexibility index (Phi) is 5.49. The molecule has 0 aliphatic carbocycles. The molecular formula is C18H17N5O3S2. The molecule has 0 aliphatic heterocycles. The van der Waals surface area contributed by atoms with Gasteiger partial charge >= 0.3 is 0 Å². The number of benzene rings is 1. The molecule has 4 aromatic rings. The summed E-state index contributed by atoms with van der Waals surface area (Å²) >= 11 is 3.04. The first-order chi connectivity index (χ1) is 13.7. The van der Waals surface area contributed by atoms with Crippen molar-refractivity contribution in [3.8, 4) is 22.1 Å². The summed E-state index contributed by atoms with van der Waals surface area (Å²) in [4.78, 5) is 1.04. The second-order valence-electron chi connectivity index (χ2n) is 5.68. The number of thioether (sulfide) groups is 1. The van der Waals surface area contributed by atoms with Crippen LogP contribution < -0.4 is 15.3 Å². The number of nitrogens with two attached hydrogens (primary N) is 1. The molecule has 0 unspecified atom stereocenters. The van der Waals surface area contributed by atoms with E-state index in [1.807, 2.05) is 41.8 Å². The van der Waals surface area contributed by atoms with Crippen molar-refractivity contribution < 1.29 is 14.0 Å². The predicted octanol–water partition coefficient (Wildman–Crippen LogP) is 3.59. The van der Waals surface area contributed by atoms with Crippen molar-refractivity contribution in [2.24, 2.45) is 0 Å². The SMILES string of the molecule is COc1cccc(OCc2nnc(SCc3cc(-c4cccs4)on3)n2N)c1. The van der Waals surface area contributed by atoms with Crippen molar-refractivity contribution in [1.82, 2.24) is 20.0 Å². The van der Waals surface area contributed by atoms with E-state index < -0.39 is 0 Å². The van der Waals surface area contributed by atoms with Gasteiger partial charge in [0.05, 0.1) is 17.7 Å². The molecule has 0 saturated carbocycles. The lowest BCUT2D eigenvalue weighted by Crippen LogP contribution is -2.15. The second kappa shape index (κ2) is 8.36. The van der Waals surface area contributed by atoms with Crippen LogP contribution in [0.15, 0.2) is 57.5 Å². The fourth-order valence-electron chi connectivity index (χ4n) is 2.40. The van der Waals surface area contributed by atoms with Crippen LogP contribution in [0.1, 0.15) is 11.5 Å². The van der Waals surface area contributed by atoms with Gasteiger partial charge in [-0.3, -0.25) is 0 Å². The summed E-state index contributed by atoms with van der Waals surface area (Å²) in [5.41, 5.74) is 0.811. The summed E-state index contributed by atoms with van der Waals surface area (Å²) in [6.07, 6.45) is 0. The Morgan fingerprint density at radius 2 is 2.07 bits per heavy atom. The summed E-state index contributed by atoms with van der Waals surface area (Å²) in [6.45, 7) is 0.198. The van der Waals surface area contributed by atoms with Gasteiger partial charge in [0.2, 0.25) is 5.16 Å². The Bertz CT molecular complexity index is 1050. The quantitative estimate of drug-likeness (QED) is 0.344. The molecule has 0 radical (unpaired) electrons. The minimum absolute atomic E-state index is 0.198. The Balaban J connectivity index is 1.35. The van der Waals surface area contributed by atoms with Crippen molar-refractivity contribution in [3.05, 3.63) is 59.4 Å². The van der Waals surface area contributed by atoms with Gasteiger partial charge in [0.1, 0.15) is 18.1 Å². The van der Waals surface area contributed by atoms with Crippen LogP contribution in [-0.4, -0.2) is 27.1 Å². The van der Waals surface area contributed by atoms with Crippen molar-refractivity contribution in [1.29, 1.82) is 0 Å². The maximum absolute atomic E-state index is 6.09. The molecule has 0 atom stereocenters. The van der Waals surface area contributed by atoms with E-state index in [1.165, 1.54) is 16.4 Å². The van der Waals surface area contributed by atoms with Crippen molar-refractivity contribution >= 4 is 23.1 Å². The summed E-state index contributed by atoms with van der Waals surface area (Å²) < 4.78 is 17.7. The second-order valence-corrected chi connectivity index (χ2v) is 7.58. The lowest BCUT2D eigenvalue weighted by atomic mass is 10.3. The van der Waals surface area contributed by atoms with Gasteiger partial charge in [0.25, 0.3) is 0 Å². The highest BCUT2D eigenvalue weighted by Gasteiger charge is 2.13. The summed E-state index contributed by atoms with van der Waals surface area (Å²) in [6, 6.07) is 13.2. The highest BCUT2D eigenvalue weighted by atomic mass is 32.2. The summed E-state index contributed by atoms with van der Waals surface area (Å²) in [5, 5.41) is 14.9. The predicted molar refractivity (Wildman–Crippen MR) is 107 cm³/mol. The molecule has 8 nitrogen and oxygen atoms in total. The van der Waals surface area contributed by atoms with Crippen LogP contribution in [0.5, 0.6) is 11.5 Å². The first-order valence-electron chi connectivity index (χ1n) is 8.31. The molecule has 0 fully saturated rings. The summed E-state index contributed by atoms with van der Waals surface area (Å²) in [7, 11) is 1.61. The molecule has 2 N–H and O–H groups in total. The van der Waals surface area contributed by atoms with Gasteiger partial charge in [-0.1, -0.05) is 29.1 Å². The maximum atomic E-state index is 6.09. The molecule has 3 aromatic heterocycles. The van der Waals surface area contributed by atoms with Crippen molar-refractivity contribution in [2.45, 2.75) is 17.5 Å². The zero-order valence-electron chi connectivity index (χ0n) is 14.9. The van der Waals surface area contributed by atoms with Crippen molar-refractivity contribution in [2.75, 3.05) is 13.0 Å². The van der Waals surface area contributed by atoms with Gasteiger partial charge < -0.3 is 19.8 Å². The van der Waals surface area contributed by atoms with Crippen LogP contribution in [0, 0.1) is 0 Å². The van der Waals surface area contributed by atoms with E-state index in [0.29, 0.717) is 22.5 Å². The van der Waals surface area contributed by atoms with E-state index in [2.05, 4.69) is 15.4 Å². The number of rotatable bonds is 8. The molecule has 10 heteroatoms. The highest BCUT2D eigenvalue weighted by molar-refractivity contribution is 7.98. The van der Waals surface area contributed by atoms with Gasteiger partial charge in [0, 0.05) is 17.9 Å². The number of hydrogen-bond acceptors (Lipinski definition) is 9. The monoisotopic (exact) mass is 415 g/mol. The third-order valence-corrected chi connectivity index (χ3v) is 5.68. The third-order valence-electron chi connectivity index (χ3n) is 3.82. The molecule has 144 valence electrons. The smallest absolute Gasteiger partial charge is 0.210 e. The fraction of sp³-hybridized carbons (Fsp3) is 0.167. The largest absolute Gasteiger partial charge is 0.497 e. The van der Waals surface area contributed by atoms with E-state index in [4.69, 9.17) is 19.8 Å². The third kappa shape index (κ3) is 4.12. The van der Waals surface area contributed by atoms with Crippen LogP contribution in [0.3, 0.4) is 0 Å². The number of nitrogen functional groups attached to an aromatic ring is 1. The first-order valence-corrected chi connectivity index (χ1v) is 10.2. The van der Waals surface area contributed by atoms with E-state index in [1.54, 1.807) is 24.5 Å². The number of hydrogen-bond donors (Lipinski definition) is 1. The molecule has 0 aliphatic rings. The average molecular weight is 416 g/mol. The number of ether oxygens (including phenoxy) is 2. The number of thiophene rings is 1. The zero-order valence-corrected chi connectivity index (χ0v) is 16.6. The van der Waals surface area contributed by atoms with Crippen LogP contribution in [0.2, 0.25) is 0 Å². The van der Waals surface area contributed by atoms with Crippen LogP contribution in [0.4, 0.5) is 0 Å². The van der Waals surface area contributed by atoms with Crippen LogP contribution in [0.25, 0.3) is 10.6 Å². The van der Waals surface area contributed by atoms with E-state index >= 15 is 0 Å². The maximum Gasteiger partial charge on any atom is 0.210 e. The van der Waals surface area contributed by atoms with E-state index in [-0.39, 0.29) is 6.61 Å². The van der Waals surface area contributed by atoms with Gasteiger partial charge in [-0.2, -0.15) is 0 Å². The zero-order chi connectivity index (χ0) is 19.3. The Hall–Kier alpha value is -2.98. The summed E-state index contributed by atoms with van der Waals surface area (Å²) in [5.74, 6) is 9.33. The normalized spacial score (nSPS) is 10.9. The molecule has 3 heterocycles. The highest BCUT2D eigenvalue weighted by Crippen LogP contribution is 2.28. The topological polar surface area (TPSA) is 101 Å². The first kappa shape index (κ1) is 18.4. The standard InChI is InChI=1S/C18H17N5O3S2/c1-24-13-4-2-5-14(9-13)25-10-17-20-21-18(23(17)19)28-11-12-8-15(26-22-12)16-6-3-7-27-16/h2-9H,10-11,19H2,1H3. The van der Waals surface area contributed by atoms with E-state index in [9.17, 15) is 0 Å². The van der Waals surface area contributed by atoms with Gasteiger partial charge in [-0.05, 0) is 23.6 Å². The molecule has 0 spiro atoms. The number of nitrogens with zero attached hydrogens (tertiary/aromatic N) is 4.